The van der Waals surface area contributed by atoms with E-state index in [0.717, 1.165) is 22.4 Å². The molecule has 158 valence electrons. The third kappa shape index (κ3) is 4.35. The van der Waals surface area contributed by atoms with Gasteiger partial charge in [-0.1, -0.05) is 29.3 Å². The fourth-order valence-corrected chi connectivity index (χ4v) is 3.62. The van der Waals surface area contributed by atoms with Crippen LogP contribution >= 0.6 is 0 Å². The van der Waals surface area contributed by atoms with Crippen molar-refractivity contribution in [2.24, 2.45) is 0 Å². The molecule has 0 aliphatic rings. The van der Waals surface area contributed by atoms with Crippen LogP contribution in [0, 0.1) is 13.8 Å². The lowest BCUT2D eigenvalue weighted by atomic mass is 10.1. The summed E-state index contributed by atoms with van der Waals surface area (Å²) in [5, 5.41) is 7.39. The van der Waals surface area contributed by atoms with E-state index in [-0.39, 0.29) is 11.5 Å². The van der Waals surface area contributed by atoms with Crippen LogP contribution in [0.5, 0.6) is 5.75 Å². The van der Waals surface area contributed by atoms with Crippen molar-refractivity contribution in [1.82, 2.24) is 19.5 Å². The number of carbonyl (C=O) groups is 1. The van der Waals surface area contributed by atoms with Crippen molar-refractivity contribution in [3.05, 3.63) is 88.0 Å². The molecule has 31 heavy (non-hydrogen) atoms. The average Bonchev–Trinajstić information content (AvgIpc) is 3.20. The number of nitrogens with one attached hydrogen (secondary N) is 1. The van der Waals surface area contributed by atoms with Crippen LogP contribution < -0.4 is 15.6 Å². The number of methoxy groups -OCH3 is 1. The van der Waals surface area contributed by atoms with E-state index in [0.29, 0.717) is 29.9 Å². The molecule has 0 atom stereocenters. The van der Waals surface area contributed by atoms with Gasteiger partial charge in [-0.15, -0.1) is 0 Å². The zero-order chi connectivity index (χ0) is 22.0. The zero-order valence-corrected chi connectivity index (χ0v) is 17.8. The minimum absolute atomic E-state index is 0.148. The zero-order valence-electron chi connectivity index (χ0n) is 17.8. The Morgan fingerprint density at radius 3 is 2.58 bits per heavy atom. The van der Waals surface area contributed by atoms with Crippen molar-refractivity contribution in [2.45, 2.75) is 20.4 Å². The Kier molecular flexibility index (Phi) is 5.58. The van der Waals surface area contributed by atoms with E-state index >= 15 is 0 Å². The molecular weight excluding hydrogens is 392 g/mol. The van der Waals surface area contributed by atoms with E-state index in [4.69, 9.17) is 4.74 Å². The molecule has 4 rings (SSSR count). The third-order valence-corrected chi connectivity index (χ3v) is 5.09. The molecule has 4 aromatic rings. The highest BCUT2D eigenvalue weighted by atomic mass is 16.5. The third-order valence-electron chi connectivity index (χ3n) is 5.09. The molecule has 2 aromatic heterocycles. The number of fused-ring (bicyclic) bond motifs is 1. The van der Waals surface area contributed by atoms with Gasteiger partial charge in [0.25, 0.3) is 11.5 Å². The van der Waals surface area contributed by atoms with Gasteiger partial charge in [0.05, 0.1) is 12.8 Å². The molecule has 1 amide bonds. The SMILES string of the molecule is COc1cccc(-c2cc3c(=O)n(CCNC(=O)c4cc(C)cc(C)c4)ccn3n2)c1. The summed E-state index contributed by atoms with van der Waals surface area (Å²) in [5.41, 5.74) is 4.58. The Labute approximate surface area is 179 Å². The normalized spacial score (nSPS) is 10.9. The lowest BCUT2D eigenvalue weighted by molar-refractivity contribution is 0.0952. The Hall–Kier alpha value is -3.87. The summed E-state index contributed by atoms with van der Waals surface area (Å²) in [5.74, 6) is 0.581. The summed E-state index contributed by atoms with van der Waals surface area (Å²) in [6, 6.07) is 15.0. The molecule has 2 aromatic carbocycles. The predicted octanol–water partition coefficient (Wildman–Crippen LogP) is 3.22. The highest BCUT2D eigenvalue weighted by molar-refractivity contribution is 5.94. The first kappa shape index (κ1) is 20.4. The summed E-state index contributed by atoms with van der Waals surface area (Å²) in [6.45, 7) is 4.64. The van der Waals surface area contributed by atoms with Crippen molar-refractivity contribution in [1.29, 1.82) is 0 Å². The average molecular weight is 416 g/mol. The number of aryl methyl sites for hydroxylation is 2. The number of hydrogen-bond acceptors (Lipinski definition) is 4. The highest BCUT2D eigenvalue weighted by Crippen LogP contribution is 2.23. The van der Waals surface area contributed by atoms with Gasteiger partial charge in [0.1, 0.15) is 11.3 Å². The van der Waals surface area contributed by atoms with Crippen molar-refractivity contribution in [3.8, 4) is 17.0 Å². The molecule has 7 heteroatoms. The molecule has 0 spiro atoms. The molecule has 0 unspecified atom stereocenters. The standard InChI is InChI=1S/C24H24N4O3/c1-16-11-17(2)13-19(12-16)23(29)25-7-8-27-9-10-28-22(24(27)30)15-21(26-28)18-5-4-6-20(14-18)31-3/h4-6,9-15H,7-8H2,1-3H3,(H,25,29). The largest absolute Gasteiger partial charge is 0.497 e. The molecule has 1 N–H and O–H groups in total. The first-order valence-corrected chi connectivity index (χ1v) is 10.0. The number of ether oxygens (including phenoxy) is 1. The fraction of sp³-hybridized carbons (Fsp3) is 0.208. The van der Waals surface area contributed by atoms with Crippen LogP contribution in [0.3, 0.4) is 0 Å². The van der Waals surface area contributed by atoms with Crippen LogP contribution in [-0.2, 0) is 6.54 Å². The summed E-state index contributed by atoms with van der Waals surface area (Å²) in [7, 11) is 1.61. The summed E-state index contributed by atoms with van der Waals surface area (Å²) in [6.07, 6.45) is 3.42. The Morgan fingerprint density at radius 1 is 1.06 bits per heavy atom. The van der Waals surface area contributed by atoms with E-state index in [9.17, 15) is 9.59 Å². The van der Waals surface area contributed by atoms with Crippen LogP contribution in [-0.4, -0.2) is 33.7 Å². The molecule has 0 aliphatic carbocycles. The monoisotopic (exact) mass is 416 g/mol. The van der Waals surface area contributed by atoms with E-state index in [1.807, 2.05) is 56.3 Å². The van der Waals surface area contributed by atoms with Gasteiger partial charge in [-0.25, -0.2) is 4.52 Å². The summed E-state index contributed by atoms with van der Waals surface area (Å²) >= 11 is 0. The molecule has 7 nitrogen and oxygen atoms in total. The smallest absolute Gasteiger partial charge is 0.276 e. The van der Waals surface area contributed by atoms with Crippen molar-refractivity contribution >= 4 is 11.4 Å². The maximum Gasteiger partial charge on any atom is 0.276 e. The maximum absolute atomic E-state index is 12.9. The van der Waals surface area contributed by atoms with E-state index in [2.05, 4.69) is 10.4 Å². The van der Waals surface area contributed by atoms with Gasteiger partial charge in [0.2, 0.25) is 0 Å². The minimum Gasteiger partial charge on any atom is -0.497 e. The highest BCUT2D eigenvalue weighted by Gasteiger charge is 2.11. The Bertz CT molecular complexity index is 1300. The number of carbonyl (C=O) groups excluding carboxylic acids is 1. The summed E-state index contributed by atoms with van der Waals surface area (Å²) in [4.78, 5) is 25.3. The Balaban J connectivity index is 1.50. The van der Waals surface area contributed by atoms with E-state index in [1.54, 1.807) is 34.7 Å². The van der Waals surface area contributed by atoms with Crippen LogP contribution in [0.15, 0.2) is 65.7 Å². The van der Waals surface area contributed by atoms with Gasteiger partial charge in [0.15, 0.2) is 0 Å². The molecular formula is C24H24N4O3. The van der Waals surface area contributed by atoms with Crippen LogP contribution in [0.4, 0.5) is 0 Å². The van der Waals surface area contributed by atoms with Gasteiger partial charge in [0, 0.05) is 36.6 Å². The van der Waals surface area contributed by atoms with Gasteiger partial charge in [-0.2, -0.15) is 5.10 Å². The van der Waals surface area contributed by atoms with E-state index < -0.39 is 0 Å². The number of amides is 1. The van der Waals surface area contributed by atoms with Gasteiger partial charge in [-0.05, 0) is 44.2 Å². The molecule has 0 radical (unpaired) electrons. The first-order chi connectivity index (χ1) is 14.9. The van der Waals surface area contributed by atoms with Crippen molar-refractivity contribution < 1.29 is 9.53 Å². The van der Waals surface area contributed by atoms with Crippen LogP contribution in [0.1, 0.15) is 21.5 Å². The molecule has 0 saturated heterocycles. The number of benzene rings is 2. The van der Waals surface area contributed by atoms with E-state index in [1.165, 1.54) is 0 Å². The topological polar surface area (TPSA) is 77.6 Å². The van der Waals surface area contributed by atoms with Gasteiger partial charge < -0.3 is 14.6 Å². The molecule has 0 fully saturated rings. The second kappa shape index (κ2) is 8.47. The molecule has 2 heterocycles. The lowest BCUT2D eigenvalue weighted by Crippen LogP contribution is -2.31. The van der Waals surface area contributed by atoms with Crippen molar-refractivity contribution in [2.75, 3.05) is 13.7 Å². The van der Waals surface area contributed by atoms with Gasteiger partial charge >= 0.3 is 0 Å². The second-order valence-electron chi connectivity index (χ2n) is 7.52. The summed E-state index contributed by atoms with van der Waals surface area (Å²) < 4.78 is 8.42. The van der Waals surface area contributed by atoms with Crippen LogP contribution in [0.25, 0.3) is 16.8 Å². The number of hydrogen-bond donors (Lipinski definition) is 1. The minimum atomic E-state index is -0.162. The second-order valence-corrected chi connectivity index (χ2v) is 7.52. The number of nitrogens with zero attached hydrogens (tertiary/aromatic N) is 3. The molecule has 0 aliphatic heterocycles. The Morgan fingerprint density at radius 2 is 1.84 bits per heavy atom. The first-order valence-electron chi connectivity index (χ1n) is 10.0. The quantitative estimate of drug-likeness (QED) is 0.524. The maximum atomic E-state index is 12.9. The fourth-order valence-electron chi connectivity index (χ4n) is 3.62. The molecule has 0 saturated carbocycles. The lowest BCUT2D eigenvalue weighted by Gasteiger charge is -2.09. The number of rotatable bonds is 6. The van der Waals surface area contributed by atoms with Crippen molar-refractivity contribution in [3.63, 3.8) is 0 Å². The van der Waals surface area contributed by atoms with Gasteiger partial charge in [-0.3, -0.25) is 9.59 Å². The van der Waals surface area contributed by atoms with Crippen LogP contribution in [0.2, 0.25) is 0 Å². The molecule has 0 bridgehead atoms. The predicted molar refractivity (Wildman–Crippen MR) is 120 cm³/mol. The number of aromatic nitrogens is 3.